The predicted octanol–water partition coefficient (Wildman–Crippen LogP) is 0.538. The van der Waals surface area contributed by atoms with Gasteiger partial charge in [-0.25, -0.2) is 4.98 Å². The predicted molar refractivity (Wildman–Crippen MR) is 49.1 cm³/mol. The van der Waals surface area contributed by atoms with E-state index in [0.717, 1.165) is 25.8 Å². The lowest BCUT2D eigenvalue weighted by Gasteiger charge is -2.00. The molecule has 13 heavy (non-hydrogen) atoms. The zero-order valence-corrected chi connectivity index (χ0v) is 7.69. The topological polar surface area (TPSA) is 58.3 Å². The standard InChI is InChI=1S/C9H16N2O2/c12-5-3-1-2-4-11-6-9(7-13)10-8-11/h6,8,12-13H,1-5,7H2. The SMILES string of the molecule is OCCCCCn1cnc(CO)c1. The zero-order valence-electron chi connectivity index (χ0n) is 7.69. The van der Waals surface area contributed by atoms with Crippen LogP contribution >= 0.6 is 0 Å². The van der Waals surface area contributed by atoms with Gasteiger partial charge in [-0.2, -0.15) is 0 Å². The minimum Gasteiger partial charge on any atom is -0.396 e. The van der Waals surface area contributed by atoms with Crippen molar-refractivity contribution in [2.45, 2.75) is 32.4 Å². The van der Waals surface area contributed by atoms with Crippen LogP contribution in [0.2, 0.25) is 0 Å². The molecule has 0 fully saturated rings. The highest BCUT2D eigenvalue weighted by Crippen LogP contribution is 2.00. The fourth-order valence-corrected chi connectivity index (χ4v) is 1.19. The quantitative estimate of drug-likeness (QED) is 0.634. The average Bonchev–Trinajstić information content (AvgIpc) is 2.60. The Morgan fingerprint density at radius 1 is 1.23 bits per heavy atom. The third kappa shape index (κ3) is 3.57. The third-order valence-corrected chi connectivity index (χ3v) is 1.92. The van der Waals surface area contributed by atoms with E-state index in [1.165, 1.54) is 0 Å². The van der Waals surface area contributed by atoms with Gasteiger partial charge in [0.2, 0.25) is 0 Å². The first-order chi connectivity index (χ1) is 6.36. The van der Waals surface area contributed by atoms with Crippen LogP contribution in [0.5, 0.6) is 0 Å². The highest BCUT2D eigenvalue weighted by Gasteiger charge is 1.96. The van der Waals surface area contributed by atoms with Crippen molar-refractivity contribution in [2.24, 2.45) is 0 Å². The highest BCUT2D eigenvalue weighted by atomic mass is 16.3. The lowest BCUT2D eigenvalue weighted by molar-refractivity contribution is 0.277. The second kappa shape index (κ2) is 5.72. The summed E-state index contributed by atoms with van der Waals surface area (Å²) in [6, 6.07) is 0. The van der Waals surface area contributed by atoms with Crippen molar-refractivity contribution in [2.75, 3.05) is 6.61 Å². The summed E-state index contributed by atoms with van der Waals surface area (Å²) in [7, 11) is 0. The molecule has 0 spiro atoms. The first-order valence-corrected chi connectivity index (χ1v) is 4.59. The van der Waals surface area contributed by atoms with E-state index in [-0.39, 0.29) is 13.2 Å². The largest absolute Gasteiger partial charge is 0.396 e. The summed E-state index contributed by atoms with van der Waals surface area (Å²) in [5.41, 5.74) is 0.710. The van der Waals surface area contributed by atoms with Gasteiger partial charge < -0.3 is 14.8 Å². The summed E-state index contributed by atoms with van der Waals surface area (Å²) in [4.78, 5) is 4.00. The van der Waals surface area contributed by atoms with E-state index in [1.807, 2.05) is 10.8 Å². The molecule has 2 N–H and O–H groups in total. The van der Waals surface area contributed by atoms with Gasteiger partial charge in [-0.1, -0.05) is 0 Å². The fraction of sp³-hybridized carbons (Fsp3) is 0.667. The molecule has 4 nitrogen and oxygen atoms in total. The molecule has 1 aromatic rings. The van der Waals surface area contributed by atoms with E-state index < -0.39 is 0 Å². The van der Waals surface area contributed by atoms with E-state index in [2.05, 4.69) is 4.98 Å². The zero-order chi connectivity index (χ0) is 9.52. The van der Waals surface area contributed by atoms with E-state index in [1.54, 1.807) is 6.33 Å². The fourth-order valence-electron chi connectivity index (χ4n) is 1.19. The van der Waals surface area contributed by atoms with Gasteiger partial charge in [0.1, 0.15) is 0 Å². The first-order valence-electron chi connectivity index (χ1n) is 4.59. The second-order valence-corrected chi connectivity index (χ2v) is 3.05. The Hall–Kier alpha value is -0.870. The number of aliphatic hydroxyl groups excluding tert-OH is 2. The van der Waals surface area contributed by atoms with Crippen molar-refractivity contribution in [3.63, 3.8) is 0 Å². The number of hydrogen-bond donors (Lipinski definition) is 2. The molecule has 0 radical (unpaired) electrons. The molecule has 0 bridgehead atoms. The average molecular weight is 184 g/mol. The number of aliphatic hydroxyl groups is 2. The summed E-state index contributed by atoms with van der Waals surface area (Å²) in [6.45, 7) is 1.18. The molecule has 0 aliphatic rings. The van der Waals surface area contributed by atoms with Crippen LogP contribution in [0.1, 0.15) is 25.0 Å². The van der Waals surface area contributed by atoms with E-state index >= 15 is 0 Å². The van der Waals surface area contributed by atoms with Crippen molar-refractivity contribution in [1.82, 2.24) is 9.55 Å². The van der Waals surface area contributed by atoms with Gasteiger partial charge in [-0.15, -0.1) is 0 Å². The number of hydrogen-bond acceptors (Lipinski definition) is 3. The number of unbranched alkanes of at least 4 members (excludes halogenated alkanes) is 2. The Morgan fingerprint density at radius 3 is 2.69 bits per heavy atom. The maximum Gasteiger partial charge on any atom is 0.0950 e. The lowest BCUT2D eigenvalue weighted by atomic mass is 10.2. The molecule has 1 heterocycles. The summed E-state index contributed by atoms with van der Waals surface area (Å²) in [6.07, 6.45) is 6.51. The van der Waals surface area contributed by atoms with Gasteiger partial charge in [0.15, 0.2) is 0 Å². The number of rotatable bonds is 6. The van der Waals surface area contributed by atoms with Gasteiger partial charge in [-0.3, -0.25) is 0 Å². The molecule has 0 saturated heterocycles. The van der Waals surface area contributed by atoms with Crippen molar-refractivity contribution in [3.8, 4) is 0 Å². The number of aryl methyl sites for hydroxylation is 1. The molecule has 0 aliphatic heterocycles. The van der Waals surface area contributed by atoms with E-state index in [9.17, 15) is 0 Å². The van der Waals surface area contributed by atoms with Crippen LogP contribution in [-0.4, -0.2) is 26.4 Å². The van der Waals surface area contributed by atoms with Crippen LogP contribution in [0.15, 0.2) is 12.5 Å². The lowest BCUT2D eigenvalue weighted by Crippen LogP contribution is -1.95. The minimum absolute atomic E-state index is 0.00361. The van der Waals surface area contributed by atoms with Crippen LogP contribution in [0.25, 0.3) is 0 Å². The molecule has 0 saturated carbocycles. The van der Waals surface area contributed by atoms with Gasteiger partial charge in [0.05, 0.1) is 18.6 Å². The molecule has 4 heteroatoms. The molecule has 1 aromatic heterocycles. The Morgan fingerprint density at radius 2 is 2.08 bits per heavy atom. The molecule has 74 valence electrons. The normalized spacial score (nSPS) is 10.6. The molecule has 0 aliphatic carbocycles. The maximum atomic E-state index is 8.75. The summed E-state index contributed by atoms with van der Waals surface area (Å²) in [5.74, 6) is 0. The molecular formula is C9H16N2O2. The van der Waals surface area contributed by atoms with Crippen LogP contribution < -0.4 is 0 Å². The Kier molecular flexibility index (Phi) is 4.49. The van der Waals surface area contributed by atoms with Crippen LogP contribution in [0.4, 0.5) is 0 Å². The van der Waals surface area contributed by atoms with E-state index in [0.29, 0.717) is 5.69 Å². The van der Waals surface area contributed by atoms with Crippen molar-refractivity contribution in [3.05, 3.63) is 18.2 Å². The molecule has 0 atom stereocenters. The molecule has 0 amide bonds. The van der Waals surface area contributed by atoms with Gasteiger partial charge >= 0.3 is 0 Å². The molecular weight excluding hydrogens is 168 g/mol. The molecule has 1 rings (SSSR count). The monoisotopic (exact) mass is 184 g/mol. The summed E-state index contributed by atoms with van der Waals surface area (Å²) >= 11 is 0. The van der Waals surface area contributed by atoms with Crippen molar-refractivity contribution < 1.29 is 10.2 Å². The van der Waals surface area contributed by atoms with Crippen LogP contribution in [-0.2, 0) is 13.2 Å². The smallest absolute Gasteiger partial charge is 0.0950 e. The molecule has 0 aromatic carbocycles. The summed E-state index contributed by atoms with van der Waals surface area (Å²) in [5, 5.41) is 17.3. The van der Waals surface area contributed by atoms with Crippen molar-refractivity contribution in [1.29, 1.82) is 0 Å². The Bertz CT molecular complexity index is 235. The third-order valence-electron chi connectivity index (χ3n) is 1.92. The highest BCUT2D eigenvalue weighted by molar-refractivity contribution is 4.93. The second-order valence-electron chi connectivity index (χ2n) is 3.05. The molecule has 0 unspecified atom stereocenters. The van der Waals surface area contributed by atoms with Gasteiger partial charge in [-0.05, 0) is 19.3 Å². The van der Waals surface area contributed by atoms with Gasteiger partial charge in [0.25, 0.3) is 0 Å². The van der Waals surface area contributed by atoms with Gasteiger partial charge in [0, 0.05) is 19.3 Å². The Balaban J connectivity index is 2.20. The number of aromatic nitrogens is 2. The first kappa shape index (κ1) is 10.2. The van der Waals surface area contributed by atoms with E-state index in [4.69, 9.17) is 10.2 Å². The number of nitrogens with zero attached hydrogens (tertiary/aromatic N) is 2. The van der Waals surface area contributed by atoms with Crippen LogP contribution in [0.3, 0.4) is 0 Å². The summed E-state index contributed by atoms with van der Waals surface area (Å²) < 4.78 is 1.96. The van der Waals surface area contributed by atoms with Crippen LogP contribution in [0, 0.1) is 0 Å². The number of imidazole rings is 1. The Labute approximate surface area is 77.8 Å². The minimum atomic E-state index is 0.00361. The maximum absolute atomic E-state index is 8.75. The van der Waals surface area contributed by atoms with Crippen molar-refractivity contribution >= 4 is 0 Å².